The molecule has 4 atom stereocenters. The maximum atomic E-state index is 12.4. The highest BCUT2D eigenvalue weighted by Gasteiger charge is 2.67. The summed E-state index contributed by atoms with van der Waals surface area (Å²) in [6.45, 7) is 12.8. The van der Waals surface area contributed by atoms with Gasteiger partial charge in [-0.1, -0.05) is 33.3 Å². The third-order valence-corrected chi connectivity index (χ3v) is 7.29. The highest BCUT2D eigenvalue weighted by atomic mass is 32.2. The van der Waals surface area contributed by atoms with Gasteiger partial charge in [0.05, 0.1) is 17.4 Å². The lowest BCUT2D eigenvalue weighted by Gasteiger charge is -2.37. The van der Waals surface area contributed by atoms with Gasteiger partial charge < -0.3 is 4.55 Å². The van der Waals surface area contributed by atoms with Crippen molar-refractivity contribution in [2.45, 2.75) is 54.0 Å². The first kappa shape index (κ1) is 14.9. The molecule has 0 N–H and O–H groups in total. The number of fused-ring (bicyclic) bond motifs is 1. The summed E-state index contributed by atoms with van der Waals surface area (Å²) in [5.74, 6) is 1.07. The summed E-state index contributed by atoms with van der Waals surface area (Å²) >= 11 is -1.18. The first-order valence-electron chi connectivity index (χ1n) is 6.98. The molecule has 1 aliphatic heterocycles. The Hall–Kier alpha value is -0.480. The number of nitrogens with zero attached hydrogens (tertiary/aromatic N) is 1. The molecule has 0 bridgehead atoms. The van der Waals surface area contributed by atoms with E-state index in [4.69, 9.17) is 0 Å². The minimum Gasteiger partial charge on any atom is -0.593 e. The van der Waals surface area contributed by atoms with Gasteiger partial charge in [-0.25, -0.2) is 0 Å². The van der Waals surface area contributed by atoms with Crippen LogP contribution >= 0.6 is 0 Å². The molecule has 0 spiro atoms. The molecule has 3 nitrogen and oxygen atoms in total. The third kappa shape index (κ3) is 2.04. The molecule has 4 heteroatoms. The molecular formula is C15H25NO2S. The van der Waals surface area contributed by atoms with Gasteiger partial charge in [0.25, 0.3) is 5.91 Å². The van der Waals surface area contributed by atoms with Crippen molar-refractivity contribution in [2.75, 3.05) is 5.75 Å². The quantitative estimate of drug-likeness (QED) is 0.548. The summed E-state index contributed by atoms with van der Waals surface area (Å²) in [5.41, 5.74) is 1.04. The molecule has 108 valence electrons. The molecule has 3 unspecified atom stereocenters. The molecule has 19 heavy (non-hydrogen) atoms. The Kier molecular flexibility index (Phi) is 3.55. The molecule has 2 rings (SSSR count). The van der Waals surface area contributed by atoms with Crippen LogP contribution in [0.5, 0.6) is 0 Å². The minimum absolute atomic E-state index is 0.0393. The van der Waals surface area contributed by atoms with Crippen molar-refractivity contribution in [2.24, 2.45) is 16.7 Å². The van der Waals surface area contributed by atoms with Crippen molar-refractivity contribution < 1.29 is 9.35 Å². The summed E-state index contributed by atoms with van der Waals surface area (Å²) in [4.78, 5) is 12.3. The van der Waals surface area contributed by atoms with Gasteiger partial charge in [0.2, 0.25) is 0 Å². The molecule has 0 aromatic rings. The predicted octanol–water partition coefficient (Wildman–Crippen LogP) is 2.90. The number of rotatable bonds is 1. The Balaban J connectivity index is 2.36. The first-order chi connectivity index (χ1) is 8.61. The fourth-order valence-corrected chi connectivity index (χ4v) is 5.62. The zero-order valence-electron chi connectivity index (χ0n) is 12.8. The Bertz CT molecular complexity index is 428. The van der Waals surface area contributed by atoms with Crippen LogP contribution in [-0.2, 0) is 16.2 Å². The fraction of sp³-hybridized carbons (Fsp3) is 0.800. The number of hydrogen-bond donors (Lipinski definition) is 0. The van der Waals surface area contributed by atoms with Gasteiger partial charge in [0.1, 0.15) is 5.75 Å². The fourth-order valence-electron chi connectivity index (χ4n) is 3.55. The zero-order valence-corrected chi connectivity index (χ0v) is 13.6. The molecular weight excluding hydrogens is 258 g/mol. The average Bonchev–Trinajstić information content (AvgIpc) is 2.58. The van der Waals surface area contributed by atoms with Crippen molar-refractivity contribution in [1.82, 2.24) is 4.31 Å². The van der Waals surface area contributed by atoms with Crippen LogP contribution in [0.4, 0.5) is 0 Å². The molecule has 1 amide bonds. The molecule has 1 saturated carbocycles. The van der Waals surface area contributed by atoms with Gasteiger partial charge >= 0.3 is 0 Å². The largest absolute Gasteiger partial charge is 0.593 e. The van der Waals surface area contributed by atoms with Crippen molar-refractivity contribution in [3.63, 3.8) is 0 Å². The summed E-state index contributed by atoms with van der Waals surface area (Å²) in [6.07, 6.45) is 2.57. The van der Waals surface area contributed by atoms with Gasteiger partial charge in [-0.05, 0) is 31.6 Å². The molecule has 0 aromatic heterocycles. The number of amides is 1. The monoisotopic (exact) mass is 283 g/mol. The summed E-state index contributed by atoms with van der Waals surface area (Å²) < 4.78 is 14.0. The van der Waals surface area contributed by atoms with Crippen molar-refractivity contribution in [1.29, 1.82) is 0 Å². The van der Waals surface area contributed by atoms with E-state index in [0.717, 1.165) is 12.0 Å². The van der Waals surface area contributed by atoms with E-state index in [2.05, 4.69) is 27.7 Å². The van der Waals surface area contributed by atoms with Crippen LogP contribution in [0.3, 0.4) is 0 Å². The maximum absolute atomic E-state index is 12.4. The van der Waals surface area contributed by atoms with Crippen LogP contribution in [0.25, 0.3) is 0 Å². The highest BCUT2D eigenvalue weighted by Crippen LogP contribution is 2.61. The summed E-state index contributed by atoms with van der Waals surface area (Å²) in [5, 5.41) is 0. The second-order valence-corrected chi connectivity index (χ2v) is 8.47. The van der Waals surface area contributed by atoms with E-state index < -0.39 is 11.4 Å². The molecule has 1 heterocycles. The molecule has 2 aliphatic rings. The second-order valence-electron chi connectivity index (χ2n) is 7.14. The smallest absolute Gasteiger partial charge is 0.287 e. The van der Waals surface area contributed by atoms with Crippen molar-refractivity contribution >= 4 is 17.3 Å². The lowest BCUT2D eigenvalue weighted by Crippen LogP contribution is -2.43. The SMILES string of the molecule is CC(C)=CC(=O)N1[C@H]2CC(C)C(C)(C)C2(C)C[S+]1[O-]. The van der Waals surface area contributed by atoms with Crippen LogP contribution < -0.4 is 0 Å². The van der Waals surface area contributed by atoms with E-state index in [9.17, 15) is 9.35 Å². The van der Waals surface area contributed by atoms with Crippen LogP contribution in [0.2, 0.25) is 0 Å². The average molecular weight is 283 g/mol. The Morgan fingerprint density at radius 3 is 2.47 bits per heavy atom. The standard InChI is InChI=1S/C15H25NO2S/c1-10(2)7-13(17)16-12-8-11(3)14(4,5)15(12,6)9-19(16)18/h7,11-12H,8-9H2,1-6H3/t11?,12-,15?,19?/m0/s1. The van der Waals surface area contributed by atoms with Crippen molar-refractivity contribution in [3.05, 3.63) is 11.6 Å². The third-order valence-electron chi connectivity index (χ3n) is 5.57. The summed E-state index contributed by atoms with van der Waals surface area (Å²) in [7, 11) is 0. The van der Waals surface area contributed by atoms with Gasteiger partial charge in [0, 0.05) is 11.5 Å². The second kappa shape index (κ2) is 4.52. The van der Waals surface area contributed by atoms with Gasteiger partial charge in [-0.15, -0.1) is 0 Å². The predicted molar refractivity (Wildman–Crippen MR) is 78.7 cm³/mol. The van der Waals surface area contributed by atoms with Crippen LogP contribution in [0, 0.1) is 16.7 Å². The number of carbonyl (C=O) groups is 1. The van der Waals surface area contributed by atoms with E-state index in [1.54, 1.807) is 10.4 Å². The van der Waals surface area contributed by atoms with E-state index in [1.165, 1.54) is 0 Å². The number of carbonyl (C=O) groups excluding carboxylic acids is 1. The lowest BCUT2D eigenvalue weighted by atomic mass is 9.66. The van der Waals surface area contributed by atoms with E-state index in [-0.39, 0.29) is 22.8 Å². The van der Waals surface area contributed by atoms with Gasteiger partial charge in [-0.2, -0.15) is 4.31 Å². The molecule has 1 aliphatic carbocycles. The molecule has 0 aromatic carbocycles. The zero-order chi connectivity index (χ0) is 14.6. The Morgan fingerprint density at radius 2 is 1.95 bits per heavy atom. The molecule has 0 radical (unpaired) electrons. The van der Waals surface area contributed by atoms with E-state index in [1.807, 2.05) is 13.8 Å². The van der Waals surface area contributed by atoms with Crippen LogP contribution in [0.1, 0.15) is 48.0 Å². The first-order valence-corrected chi connectivity index (χ1v) is 8.25. The summed E-state index contributed by atoms with van der Waals surface area (Å²) in [6, 6.07) is 0.112. The number of hydrogen-bond acceptors (Lipinski definition) is 2. The Labute approximate surface area is 119 Å². The van der Waals surface area contributed by atoms with E-state index in [0.29, 0.717) is 11.7 Å². The van der Waals surface area contributed by atoms with Crippen molar-refractivity contribution in [3.8, 4) is 0 Å². The topological polar surface area (TPSA) is 43.4 Å². The Morgan fingerprint density at radius 1 is 1.37 bits per heavy atom. The highest BCUT2D eigenvalue weighted by molar-refractivity contribution is 7.90. The molecule has 2 fully saturated rings. The lowest BCUT2D eigenvalue weighted by molar-refractivity contribution is -0.123. The molecule has 1 saturated heterocycles. The van der Waals surface area contributed by atoms with Crippen LogP contribution in [-0.4, -0.2) is 26.6 Å². The number of allylic oxidation sites excluding steroid dienone is 1. The van der Waals surface area contributed by atoms with E-state index >= 15 is 0 Å². The van der Waals surface area contributed by atoms with Gasteiger partial charge in [-0.3, -0.25) is 4.79 Å². The normalized spacial score (nSPS) is 40.2. The maximum Gasteiger partial charge on any atom is 0.287 e. The minimum atomic E-state index is -1.18. The van der Waals surface area contributed by atoms with Crippen LogP contribution in [0.15, 0.2) is 11.6 Å². The van der Waals surface area contributed by atoms with Gasteiger partial charge in [0.15, 0.2) is 0 Å².